The first kappa shape index (κ1) is 24.0. The molecule has 8 heteroatoms. The van der Waals surface area contributed by atoms with Crippen LogP contribution in [0.4, 0.5) is 0 Å². The second-order valence-corrected chi connectivity index (χ2v) is 9.04. The summed E-state index contributed by atoms with van der Waals surface area (Å²) >= 11 is 1.40. The zero-order valence-corrected chi connectivity index (χ0v) is 20.6. The summed E-state index contributed by atoms with van der Waals surface area (Å²) in [5, 5.41) is 10.7. The number of thiophene rings is 1. The minimum Gasteiger partial charge on any atom is -0.493 e. The van der Waals surface area contributed by atoms with Crippen LogP contribution < -0.4 is 14.2 Å². The fraction of sp³-hybridized carbons (Fsp3) is 0.0690. The molecule has 0 aliphatic heterocycles. The van der Waals surface area contributed by atoms with Gasteiger partial charge in [-0.3, -0.25) is 9.97 Å². The molecule has 7 nitrogen and oxygen atoms in total. The van der Waals surface area contributed by atoms with E-state index >= 15 is 0 Å². The van der Waals surface area contributed by atoms with E-state index in [-0.39, 0.29) is 5.57 Å². The fourth-order valence-corrected chi connectivity index (χ4v) is 4.85. The van der Waals surface area contributed by atoms with Crippen LogP contribution in [0.15, 0.2) is 91.5 Å². The molecule has 0 aliphatic carbocycles. The number of aliphatic carboxylic acids is 1. The molecular formula is C29H22N2O5S. The first-order chi connectivity index (χ1) is 18.1. The summed E-state index contributed by atoms with van der Waals surface area (Å²) in [4.78, 5) is 21.0. The number of hydrogen-bond donors (Lipinski definition) is 1. The summed E-state index contributed by atoms with van der Waals surface area (Å²) in [6.07, 6.45) is 8.00. The van der Waals surface area contributed by atoms with Crippen LogP contribution in [-0.4, -0.2) is 28.2 Å². The van der Waals surface area contributed by atoms with Gasteiger partial charge in [-0.05, 0) is 47.5 Å². The summed E-state index contributed by atoms with van der Waals surface area (Å²) < 4.78 is 18.9. The van der Waals surface area contributed by atoms with Crippen LogP contribution in [0.2, 0.25) is 0 Å². The maximum Gasteiger partial charge on any atom is 0.336 e. The third kappa shape index (κ3) is 5.44. The van der Waals surface area contributed by atoms with E-state index in [1.54, 1.807) is 62.2 Å². The minimum atomic E-state index is -1.06. The summed E-state index contributed by atoms with van der Waals surface area (Å²) in [7, 11) is 1.59. The number of fused-ring (bicyclic) bond motifs is 1. The maximum absolute atomic E-state index is 12.2. The third-order valence-corrected chi connectivity index (χ3v) is 6.62. The predicted molar refractivity (Wildman–Crippen MR) is 143 cm³/mol. The van der Waals surface area contributed by atoms with Gasteiger partial charge in [-0.2, -0.15) is 0 Å². The molecule has 1 N–H and O–H groups in total. The molecule has 0 spiro atoms. The van der Waals surface area contributed by atoms with E-state index < -0.39 is 5.97 Å². The molecule has 0 unspecified atom stereocenters. The van der Waals surface area contributed by atoms with Gasteiger partial charge in [0.05, 0.1) is 23.8 Å². The van der Waals surface area contributed by atoms with Crippen molar-refractivity contribution in [1.82, 2.24) is 9.97 Å². The van der Waals surface area contributed by atoms with Gasteiger partial charge in [-0.25, -0.2) is 4.79 Å². The fourth-order valence-electron chi connectivity index (χ4n) is 3.77. The van der Waals surface area contributed by atoms with Crippen LogP contribution in [-0.2, 0) is 11.4 Å². The number of carbonyl (C=O) groups is 1. The van der Waals surface area contributed by atoms with Crippen LogP contribution in [0.5, 0.6) is 23.0 Å². The van der Waals surface area contributed by atoms with E-state index in [0.717, 1.165) is 15.6 Å². The number of benzene rings is 2. The number of carboxylic acid groups (broad SMARTS) is 1. The molecule has 0 saturated heterocycles. The molecule has 0 bridgehead atoms. The van der Waals surface area contributed by atoms with Gasteiger partial charge < -0.3 is 19.3 Å². The highest BCUT2D eigenvalue weighted by atomic mass is 32.1. The quantitative estimate of drug-likeness (QED) is 0.221. The summed E-state index contributed by atoms with van der Waals surface area (Å²) in [6, 6.07) is 20.5. The lowest BCUT2D eigenvalue weighted by Gasteiger charge is -2.12. The Balaban J connectivity index is 1.64. The molecule has 0 atom stereocenters. The number of rotatable bonds is 9. The van der Waals surface area contributed by atoms with Gasteiger partial charge in [-0.1, -0.05) is 30.3 Å². The highest BCUT2D eigenvalue weighted by Gasteiger charge is 2.20. The van der Waals surface area contributed by atoms with Crippen molar-refractivity contribution >= 4 is 39.0 Å². The van der Waals surface area contributed by atoms with Gasteiger partial charge in [-0.15, -0.1) is 11.3 Å². The van der Waals surface area contributed by atoms with E-state index in [2.05, 4.69) is 9.97 Å². The van der Waals surface area contributed by atoms with Crippen molar-refractivity contribution in [2.75, 3.05) is 7.11 Å². The molecule has 0 radical (unpaired) electrons. The number of ether oxygens (including phenoxy) is 3. The van der Waals surface area contributed by atoms with E-state index in [1.807, 2.05) is 42.5 Å². The largest absolute Gasteiger partial charge is 0.493 e. The number of aromatic nitrogens is 2. The van der Waals surface area contributed by atoms with Crippen molar-refractivity contribution in [2.24, 2.45) is 0 Å². The van der Waals surface area contributed by atoms with Crippen molar-refractivity contribution in [1.29, 1.82) is 0 Å². The normalized spacial score (nSPS) is 11.3. The lowest BCUT2D eigenvalue weighted by atomic mass is 10.1. The van der Waals surface area contributed by atoms with Crippen molar-refractivity contribution in [3.05, 3.63) is 108 Å². The minimum absolute atomic E-state index is 0.123. The first-order valence-corrected chi connectivity index (χ1v) is 12.2. The van der Waals surface area contributed by atoms with Gasteiger partial charge in [0.25, 0.3) is 0 Å². The Kier molecular flexibility index (Phi) is 7.09. The lowest BCUT2D eigenvalue weighted by molar-refractivity contribution is -0.130. The van der Waals surface area contributed by atoms with Gasteiger partial charge in [0, 0.05) is 34.7 Å². The van der Waals surface area contributed by atoms with Gasteiger partial charge >= 0.3 is 5.97 Å². The van der Waals surface area contributed by atoms with Gasteiger partial charge in [0.15, 0.2) is 17.2 Å². The molecule has 0 saturated carbocycles. The monoisotopic (exact) mass is 510 g/mol. The Labute approximate surface area is 217 Å². The molecule has 0 amide bonds. The second kappa shape index (κ2) is 10.9. The molecule has 0 aliphatic rings. The Morgan fingerprint density at radius 3 is 2.49 bits per heavy atom. The number of pyridine rings is 2. The molecule has 3 heterocycles. The summed E-state index contributed by atoms with van der Waals surface area (Å²) in [6.45, 7) is 0.365. The van der Waals surface area contributed by atoms with Gasteiger partial charge in [0.2, 0.25) is 0 Å². The summed E-state index contributed by atoms with van der Waals surface area (Å²) in [5.74, 6) is 1.10. The Hall–Kier alpha value is -4.69. The van der Waals surface area contributed by atoms with Gasteiger partial charge in [0.1, 0.15) is 12.4 Å². The number of methoxy groups -OCH3 is 1. The Morgan fingerprint density at radius 2 is 1.78 bits per heavy atom. The number of hydrogen-bond acceptors (Lipinski definition) is 7. The highest BCUT2D eigenvalue weighted by Crippen LogP contribution is 2.46. The van der Waals surface area contributed by atoms with E-state index in [1.165, 1.54) is 11.3 Å². The van der Waals surface area contributed by atoms with Crippen molar-refractivity contribution in [2.45, 2.75) is 6.61 Å². The van der Waals surface area contributed by atoms with Crippen molar-refractivity contribution in [3.8, 4) is 23.0 Å². The zero-order valence-electron chi connectivity index (χ0n) is 19.8. The smallest absolute Gasteiger partial charge is 0.336 e. The first-order valence-electron chi connectivity index (χ1n) is 11.4. The van der Waals surface area contributed by atoms with E-state index in [9.17, 15) is 9.90 Å². The third-order valence-electron chi connectivity index (χ3n) is 5.54. The Bertz CT molecular complexity index is 1550. The maximum atomic E-state index is 12.2. The molecular weight excluding hydrogens is 488 g/mol. The Morgan fingerprint density at radius 1 is 0.973 bits per heavy atom. The van der Waals surface area contributed by atoms with Crippen LogP contribution in [0.3, 0.4) is 0 Å². The molecule has 184 valence electrons. The van der Waals surface area contributed by atoms with Crippen LogP contribution in [0.25, 0.3) is 21.7 Å². The van der Waals surface area contributed by atoms with Crippen LogP contribution in [0, 0.1) is 0 Å². The van der Waals surface area contributed by atoms with Crippen molar-refractivity contribution < 1.29 is 24.1 Å². The average molecular weight is 511 g/mol. The summed E-state index contributed by atoms with van der Waals surface area (Å²) in [5.41, 5.74) is 1.68. The average Bonchev–Trinajstić information content (AvgIpc) is 3.27. The van der Waals surface area contributed by atoms with Crippen LogP contribution in [0.1, 0.15) is 16.0 Å². The second-order valence-electron chi connectivity index (χ2n) is 7.96. The topological polar surface area (TPSA) is 90.8 Å². The zero-order chi connectivity index (χ0) is 25.6. The SMILES string of the molecule is COc1cc2sc(C=C(C(=O)O)c3ccncc3)c(Oc3cccnc3)c2cc1OCc1ccccc1. The highest BCUT2D eigenvalue weighted by molar-refractivity contribution is 7.20. The van der Waals surface area contributed by atoms with E-state index in [0.29, 0.717) is 40.0 Å². The molecule has 0 fully saturated rings. The molecule has 5 rings (SSSR count). The molecule has 5 aromatic rings. The lowest BCUT2D eigenvalue weighted by Crippen LogP contribution is -1.99. The van der Waals surface area contributed by atoms with E-state index in [4.69, 9.17) is 14.2 Å². The molecule has 3 aromatic heterocycles. The number of nitrogens with zero attached hydrogens (tertiary/aromatic N) is 2. The standard InChI is InChI=1S/C29H22N2O5S/c1-34-24-16-26-23(14-25(24)35-18-19-6-3-2-4-7-19)28(36-21-8-5-11-31-17-21)27(37-26)15-22(29(32)33)20-9-12-30-13-10-20/h2-17H,18H2,1H3,(H,32,33). The predicted octanol–water partition coefficient (Wildman–Crippen LogP) is 6.70. The van der Waals surface area contributed by atoms with Crippen LogP contribution >= 0.6 is 11.3 Å². The van der Waals surface area contributed by atoms with Crippen molar-refractivity contribution in [3.63, 3.8) is 0 Å². The number of carboxylic acids is 1. The molecule has 37 heavy (non-hydrogen) atoms. The molecule has 2 aromatic carbocycles.